The Bertz CT molecular complexity index is 3330. The van der Waals surface area contributed by atoms with E-state index >= 15 is 0 Å². The van der Waals surface area contributed by atoms with Crippen molar-refractivity contribution < 1.29 is 11.6 Å². The van der Waals surface area contributed by atoms with Crippen LogP contribution in [0.2, 0.25) is 0 Å². The molecule has 0 spiro atoms. The van der Waals surface area contributed by atoms with E-state index in [2.05, 4.69) is 151 Å². The van der Waals surface area contributed by atoms with Gasteiger partial charge >= 0.3 is 0 Å². The van der Waals surface area contributed by atoms with Crippen molar-refractivity contribution in [3.63, 3.8) is 0 Å². The molecule has 3 heterocycles. The normalized spacial score (nSPS) is 16.4. The molecule has 330 valence electrons. The summed E-state index contributed by atoms with van der Waals surface area (Å²) in [7, 11) is 0. The zero-order valence-corrected chi connectivity index (χ0v) is 39.3. The van der Waals surface area contributed by atoms with Crippen molar-refractivity contribution in [1.82, 2.24) is 4.98 Å². The van der Waals surface area contributed by atoms with Crippen LogP contribution >= 0.6 is 0 Å². The van der Waals surface area contributed by atoms with Crippen molar-refractivity contribution in [2.45, 2.75) is 90.6 Å². The molecule has 8 aromatic rings. The van der Waals surface area contributed by atoms with Gasteiger partial charge in [-0.15, -0.1) is 0 Å². The predicted molar refractivity (Wildman–Crippen MR) is 276 cm³/mol. The maximum Gasteiger partial charge on any atom is 0.130 e. The molecule has 2 atom stereocenters. The average Bonchev–Trinajstić information content (AvgIpc) is 3.85. The van der Waals surface area contributed by atoms with E-state index in [0.717, 1.165) is 45.3 Å². The summed E-state index contributed by atoms with van der Waals surface area (Å²) >= 11 is 0. The Balaban J connectivity index is 1.05. The number of ether oxygens (including phenoxy) is 1. The zero-order chi connectivity index (χ0) is 50.3. The van der Waals surface area contributed by atoms with Crippen LogP contribution in [0.25, 0.3) is 22.3 Å². The first-order valence-corrected chi connectivity index (χ1v) is 22.9. The summed E-state index contributed by atoms with van der Waals surface area (Å²) in [5.41, 5.74) is 13.1. The van der Waals surface area contributed by atoms with Gasteiger partial charge in [0.05, 0.1) is 36.0 Å². The van der Waals surface area contributed by atoms with Crippen molar-refractivity contribution in [3.8, 4) is 33.8 Å². The Morgan fingerprint density at radius 3 is 1.70 bits per heavy atom. The molecule has 0 saturated carbocycles. The molecule has 5 nitrogen and oxygen atoms in total. The number of pyridine rings is 1. The van der Waals surface area contributed by atoms with Gasteiger partial charge in [0.1, 0.15) is 17.3 Å². The van der Waals surface area contributed by atoms with Gasteiger partial charge in [0.15, 0.2) is 0 Å². The topological polar surface area (TPSA) is 49.4 Å². The molecule has 0 amide bonds. The molecule has 2 bridgehead atoms. The van der Waals surface area contributed by atoms with E-state index in [1.165, 1.54) is 33.4 Å². The van der Waals surface area contributed by atoms with Gasteiger partial charge in [-0.05, 0) is 127 Å². The highest BCUT2D eigenvalue weighted by atomic mass is 16.5. The number of para-hydroxylation sites is 2. The fourth-order valence-corrected chi connectivity index (χ4v) is 9.40. The van der Waals surface area contributed by atoms with Crippen LogP contribution in [0.15, 0.2) is 176 Å². The van der Waals surface area contributed by atoms with Crippen LogP contribution in [0.4, 0.5) is 28.6 Å². The van der Waals surface area contributed by atoms with Crippen LogP contribution in [0.3, 0.4) is 0 Å². The minimum atomic E-state index is -0.430. The standard InChI is InChI=1S/C61H60N4O/c1-59(2,3)41-32-40(33-42(34-41)60(4,5)6)51-36-43(61(7,8)9)35-50(39-20-11-10-12-21-39)56(51)64-54-27-16-15-26-53(54)63-44-22-19-23-45(37-44)66-46-29-30-49-52(38-46)58-48-25-14-13-24-47(48)57(49)65(58)55-28-17-18-31-62-55/h10-38,57-58,63-64H,1-9H3/i10D,11D,12D,20D,21D. The van der Waals surface area contributed by atoms with Crippen LogP contribution in [-0.4, -0.2) is 4.98 Å². The summed E-state index contributed by atoms with van der Waals surface area (Å²) in [6.45, 7) is 19.7. The number of nitrogens with zero attached hydrogens (tertiary/aromatic N) is 2. The quantitative estimate of drug-likeness (QED) is 0.151. The minimum Gasteiger partial charge on any atom is -0.457 e. The predicted octanol–water partition coefficient (Wildman–Crippen LogP) is 16.6. The fourth-order valence-electron chi connectivity index (χ4n) is 9.40. The Labute approximate surface area is 398 Å². The Kier molecular flexibility index (Phi) is 9.23. The van der Waals surface area contributed by atoms with Crippen LogP contribution in [0.5, 0.6) is 11.5 Å². The monoisotopic (exact) mass is 870 g/mol. The van der Waals surface area contributed by atoms with Gasteiger partial charge in [0, 0.05) is 29.1 Å². The molecule has 7 aromatic carbocycles. The first kappa shape index (κ1) is 37.1. The summed E-state index contributed by atoms with van der Waals surface area (Å²) in [5.74, 6) is 2.35. The SMILES string of the molecule is [2H]c1c([2H])c([2H])c(-c2cc(C(C)(C)C)cc(-c3cc(C(C)(C)C)cc(C(C)(C)C)c3)c2Nc2ccccc2Nc2cccc(Oc3ccc4c(c3)C3c5ccccc5C4N3c3ccccn3)c2)c([2H])c1[2H]. The molecule has 2 unspecified atom stereocenters. The highest BCUT2D eigenvalue weighted by molar-refractivity contribution is 5.96. The molecular formula is C61H60N4O. The van der Waals surface area contributed by atoms with Crippen molar-refractivity contribution >= 4 is 28.6 Å². The third-order valence-electron chi connectivity index (χ3n) is 13.0. The van der Waals surface area contributed by atoms with Crippen molar-refractivity contribution in [2.24, 2.45) is 0 Å². The smallest absolute Gasteiger partial charge is 0.130 e. The van der Waals surface area contributed by atoms with E-state index in [1.54, 1.807) is 0 Å². The summed E-state index contributed by atoms with van der Waals surface area (Å²) < 4.78 is 51.3. The Morgan fingerprint density at radius 1 is 0.500 bits per heavy atom. The van der Waals surface area contributed by atoms with Gasteiger partial charge in [-0.2, -0.15) is 0 Å². The van der Waals surface area contributed by atoms with E-state index in [0.29, 0.717) is 17.0 Å². The average molecular weight is 870 g/mol. The lowest BCUT2D eigenvalue weighted by atomic mass is 9.77. The van der Waals surface area contributed by atoms with Crippen LogP contribution in [0.1, 0.15) is 120 Å². The molecule has 0 radical (unpaired) electrons. The van der Waals surface area contributed by atoms with E-state index in [9.17, 15) is 2.74 Å². The van der Waals surface area contributed by atoms with E-state index < -0.39 is 6.04 Å². The summed E-state index contributed by atoms with van der Waals surface area (Å²) in [6.07, 6.45) is 1.85. The van der Waals surface area contributed by atoms with E-state index in [1.807, 2.05) is 72.9 Å². The fraction of sp³-hybridized carbons (Fsp3) is 0.230. The number of aromatic nitrogens is 1. The van der Waals surface area contributed by atoms with Crippen LogP contribution in [-0.2, 0) is 16.2 Å². The molecule has 5 heteroatoms. The Hall–Kier alpha value is -7.11. The van der Waals surface area contributed by atoms with Gasteiger partial charge in [0.25, 0.3) is 0 Å². The van der Waals surface area contributed by atoms with Crippen molar-refractivity contribution in [3.05, 3.63) is 215 Å². The maximum absolute atomic E-state index is 9.28. The number of rotatable bonds is 9. The number of fused-ring (bicyclic) bond motifs is 8. The second-order valence-corrected chi connectivity index (χ2v) is 20.7. The second kappa shape index (κ2) is 16.4. The maximum atomic E-state index is 9.28. The molecule has 0 fully saturated rings. The second-order valence-electron chi connectivity index (χ2n) is 20.7. The van der Waals surface area contributed by atoms with Crippen molar-refractivity contribution in [2.75, 3.05) is 15.5 Å². The van der Waals surface area contributed by atoms with Crippen LogP contribution in [0, 0.1) is 0 Å². The van der Waals surface area contributed by atoms with Crippen LogP contribution < -0.4 is 20.3 Å². The highest BCUT2D eigenvalue weighted by Gasteiger charge is 2.48. The summed E-state index contributed by atoms with van der Waals surface area (Å²) in [4.78, 5) is 7.18. The molecule has 1 aromatic heterocycles. The molecule has 2 aliphatic heterocycles. The first-order chi connectivity index (χ1) is 33.7. The molecule has 2 N–H and O–H groups in total. The third kappa shape index (κ3) is 8.13. The van der Waals surface area contributed by atoms with Gasteiger partial charge in [0.2, 0.25) is 0 Å². The zero-order valence-electron chi connectivity index (χ0n) is 44.3. The number of anilines is 5. The molecule has 66 heavy (non-hydrogen) atoms. The molecule has 0 saturated heterocycles. The van der Waals surface area contributed by atoms with E-state index in [-0.39, 0.29) is 58.1 Å². The molecule has 10 rings (SSSR count). The number of benzene rings is 7. The molecule has 0 aliphatic carbocycles. The van der Waals surface area contributed by atoms with Gasteiger partial charge in [-0.3, -0.25) is 0 Å². The van der Waals surface area contributed by atoms with Gasteiger partial charge in [-0.25, -0.2) is 4.98 Å². The lowest BCUT2D eigenvalue weighted by Gasteiger charge is -2.29. The summed E-state index contributed by atoms with van der Waals surface area (Å²) in [5, 5.41) is 7.47. The Morgan fingerprint density at radius 2 is 1.06 bits per heavy atom. The highest BCUT2D eigenvalue weighted by Crippen LogP contribution is 2.58. The number of hydrogen-bond acceptors (Lipinski definition) is 5. The minimum absolute atomic E-state index is 0.0239. The van der Waals surface area contributed by atoms with E-state index in [4.69, 9.17) is 13.8 Å². The first-order valence-electron chi connectivity index (χ1n) is 25.4. The van der Waals surface area contributed by atoms with Gasteiger partial charge in [-0.1, -0.05) is 165 Å². The van der Waals surface area contributed by atoms with Crippen molar-refractivity contribution in [1.29, 1.82) is 0 Å². The van der Waals surface area contributed by atoms with Gasteiger partial charge < -0.3 is 20.3 Å². The number of nitrogens with one attached hydrogen (secondary N) is 2. The molecule has 2 aliphatic rings. The third-order valence-corrected chi connectivity index (χ3v) is 13.0. The lowest BCUT2D eigenvalue weighted by Crippen LogP contribution is -2.20. The number of hydrogen-bond donors (Lipinski definition) is 2. The summed E-state index contributed by atoms with van der Waals surface area (Å²) in [6, 6.07) is 46.3. The largest absolute Gasteiger partial charge is 0.457 e. The lowest BCUT2D eigenvalue weighted by molar-refractivity contribution is 0.482. The molecular weight excluding hydrogens is 805 g/mol.